The maximum Gasteiger partial charge on any atom is 0.303 e. The van der Waals surface area contributed by atoms with E-state index in [0.29, 0.717) is 19.4 Å². The van der Waals surface area contributed by atoms with Crippen molar-refractivity contribution in [2.24, 2.45) is 0 Å². The van der Waals surface area contributed by atoms with Crippen molar-refractivity contribution in [1.82, 2.24) is 0 Å². The van der Waals surface area contributed by atoms with E-state index in [1.54, 1.807) is 12.1 Å². The van der Waals surface area contributed by atoms with Gasteiger partial charge in [0.15, 0.2) is 0 Å². The maximum atomic E-state index is 13.0. The number of aliphatic carboxylic acids is 1. The highest BCUT2D eigenvalue weighted by Gasteiger charge is 2.13. The normalized spacial score (nSPS) is 12.0. The van der Waals surface area contributed by atoms with E-state index in [-0.39, 0.29) is 18.3 Å². The van der Waals surface area contributed by atoms with Crippen LogP contribution in [0.25, 0.3) is 0 Å². The number of carboxylic acid groups (broad SMARTS) is 1. The van der Waals surface area contributed by atoms with E-state index < -0.39 is 5.97 Å². The lowest BCUT2D eigenvalue weighted by molar-refractivity contribution is -0.137. The third-order valence-electron chi connectivity index (χ3n) is 3.39. The van der Waals surface area contributed by atoms with Gasteiger partial charge in [-0.05, 0) is 36.1 Å². The molecule has 116 valence electrons. The van der Waals surface area contributed by atoms with Gasteiger partial charge in [-0.3, -0.25) is 4.79 Å². The lowest BCUT2D eigenvalue weighted by atomic mass is 10.0. The van der Waals surface area contributed by atoms with E-state index in [0.717, 1.165) is 11.1 Å². The molecule has 2 aromatic carbocycles. The summed E-state index contributed by atoms with van der Waals surface area (Å²) in [6.07, 6.45) is 0.976. The highest BCUT2D eigenvalue weighted by molar-refractivity contribution is 5.66. The standard InChI is InChI=1S/C18H19FO3/c19-16-11-9-15(10-12-16)17(7-4-8-18(20)21)22-13-14-5-2-1-3-6-14/h1-3,5-6,9-12,17H,4,7-8,13H2,(H,20,21)/t17-/m0/s1. The third kappa shape index (κ3) is 5.30. The molecule has 22 heavy (non-hydrogen) atoms. The third-order valence-corrected chi connectivity index (χ3v) is 3.39. The van der Waals surface area contributed by atoms with Crippen LogP contribution in [-0.2, 0) is 16.1 Å². The number of carboxylic acids is 1. The van der Waals surface area contributed by atoms with E-state index in [1.807, 2.05) is 30.3 Å². The first kappa shape index (κ1) is 16.2. The molecule has 0 saturated heterocycles. The van der Waals surface area contributed by atoms with Gasteiger partial charge in [-0.1, -0.05) is 42.5 Å². The highest BCUT2D eigenvalue weighted by atomic mass is 19.1. The van der Waals surface area contributed by atoms with E-state index in [4.69, 9.17) is 9.84 Å². The summed E-state index contributed by atoms with van der Waals surface area (Å²) in [7, 11) is 0. The average Bonchev–Trinajstić information content (AvgIpc) is 2.52. The van der Waals surface area contributed by atoms with Crippen LogP contribution in [0, 0.1) is 5.82 Å². The second kappa shape index (κ2) is 8.29. The molecule has 0 heterocycles. The van der Waals surface area contributed by atoms with Crippen LogP contribution in [-0.4, -0.2) is 11.1 Å². The molecule has 0 unspecified atom stereocenters. The molecule has 0 fully saturated rings. The summed E-state index contributed by atoms with van der Waals surface area (Å²) in [4.78, 5) is 10.7. The lowest BCUT2D eigenvalue weighted by Crippen LogP contribution is -2.06. The molecule has 0 aliphatic heterocycles. The van der Waals surface area contributed by atoms with Gasteiger partial charge in [-0.15, -0.1) is 0 Å². The molecule has 2 rings (SSSR count). The second-order valence-corrected chi connectivity index (χ2v) is 5.12. The summed E-state index contributed by atoms with van der Waals surface area (Å²) in [6.45, 7) is 0.440. The zero-order valence-electron chi connectivity index (χ0n) is 12.2. The topological polar surface area (TPSA) is 46.5 Å². The maximum absolute atomic E-state index is 13.0. The SMILES string of the molecule is O=C(O)CCC[C@H](OCc1ccccc1)c1ccc(F)cc1. The molecular weight excluding hydrogens is 283 g/mol. The Balaban J connectivity index is 2.00. The van der Waals surface area contributed by atoms with Crippen molar-refractivity contribution in [1.29, 1.82) is 0 Å². The molecule has 2 aromatic rings. The summed E-state index contributed by atoms with van der Waals surface area (Å²) in [6, 6.07) is 15.9. The van der Waals surface area contributed by atoms with Gasteiger partial charge in [0.25, 0.3) is 0 Å². The molecule has 1 N–H and O–H groups in total. The van der Waals surface area contributed by atoms with Gasteiger partial charge in [0, 0.05) is 6.42 Å². The molecule has 0 radical (unpaired) electrons. The summed E-state index contributed by atoms with van der Waals surface area (Å²) in [5.41, 5.74) is 1.91. The second-order valence-electron chi connectivity index (χ2n) is 5.12. The number of hydrogen-bond donors (Lipinski definition) is 1. The van der Waals surface area contributed by atoms with Crippen molar-refractivity contribution in [3.05, 3.63) is 71.5 Å². The largest absolute Gasteiger partial charge is 0.481 e. The number of ether oxygens (including phenoxy) is 1. The quantitative estimate of drug-likeness (QED) is 0.789. The monoisotopic (exact) mass is 302 g/mol. The predicted molar refractivity (Wildman–Crippen MR) is 81.9 cm³/mol. The molecule has 0 saturated carbocycles. The van der Waals surface area contributed by atoms with Crippen molar-refractivity contribution < 1.29 is 19.0 Å². The number of rotatable bonds is 8. The van der Waals surface area contributed by atoms with E-state index in [1.165, 1.54) is 12.1 Å². The van der Waals surface area contributed by atoms with E-state index in [2.05, 4.69) is 0 Å². The molecule has 0 aliphatic rings. The zero-order valence-corrected chi connectivity index (χ0v) is 12.2. The van der Waals surface area contributed by atoms with Crippen molar-refractivity contribution in [3.63, 3.8) is 0 Å². The fourth-order valence-electron chi connectivity index (χ4n) is 2.23. The van der Waals surface area contributed by atoms with Gasteiger partial charge in [0.05, 0.1) is 12.7 Å². The van der Waals surface area contributed by atoms with Crippen LogP contribution in [0.3, 0.4) is 0 Å². The van der Waals surface area contributed by atoms with Crippen molar-refractivity contribution in [2.45, 2.75) is 32.0 Å². The Bertz CT molecular complexity index is 581. The Labute approximate surface area is 129 Å². The van der Waals surface area contributed by atoms with Gasteiger partial charge in [0.2, 0.25) is 0 Å². The van der Waals surface area contributed by atoms with Crippen LogP contribution in [0.2, 0.25) is 0 Å². The molecule has 0 aromatic heterocycles. The van der Waals surface area contributed by atoms with Crippen LogP contribution < -0.4 is 0 Å². The Morgan fingerprint density at radius 1 is 1.09 bits per heavy atom. The molecule has 4 heteroatoms. The van der Waals surface area contributed by atoms with Gasteiger partial charge in [-0.25, -0.2) is 4.39 Å². The molecule has 3 nitrogen and oxygen atoms in total. The van der Waals surface area contributed by atoms with Crippen LogP contribution in [0.1, 0.15) is 36.5 Å². The van der Waals surface area contributed by atoms with Crippen molar-refractivity contribution in [3.8, 4) is 0 Å². The van der Waals surface area contributed by atoms with Gasteiger partial charge in [-0.2, -0.15) is 0 Å². The minimum Gasteiger partial charge on any atom is -0.481 e. The first-order valence-corrected chi connectivity index (χ1v) is 7.28. The van der Waals surface area contributed by atoms with Gasteiger partial charge in [0.1, 0.15) is 5.82 Å². The predicted octanol–water partition coefficient (Wildman–Crippen LogP) is 4.34. The number of benzene rings is 2. The lowest BCUT2D eigenvalue weighted by Gasteiger charge is -2.18. The van der Waals surface area contributed by atoms with Crippen LogP contribution in [0.5, 0.6) is 0 Å². The summed E-state index contributed by atoms with van der Waals surface area (Å²) < 4.78 is 19.0. The summed E-state index contributed by atoms with van der Waals surface area (Å²) in [5, 5.41) is 8.75. The smallest absolute Gasteiger partial charge is 0.303 e. The van der Waals surface area contributed by atoms with Crippen molar-refractivity contribution in [2.75, 3.05) is 0 Å². The molecule has 1 atom stereocenters. The zero-order chi connectivity index (χ0) is 15.8. The molecular formula is C18H19FO3. The van der Waals surface area contributed by atoms with E-state index in [9.17, 15) is 9.18 Å². The number of carbonyl (C=O) groups is 1. The summed E-state index contributed by atoms with van der Waals surface area (Å²) in [5.74, 6) is -1.11. The fraction of sp³-hybridized carbons (Fsp3) is 0.278. The summed E-state index contributed by atoms with van der Waals surface area (Å²) >= 11 is 0. The fourth-order valence-corrected chi connectivity index (χ4v) is 2.23. The van der Waals surface area contributed by atoms with Gasteiger partial charge >= 0.3 is 5.97 Å². The van der Waals surface area contributed by atoms with Crippen LogP contribution in [0.15, 0.2) is 54.6 Å². The highest BCUT2D eigenvalue weighted by Crippen LogP contribution is 2.25. The minimum absolute atomic E-state index is 0.104. The van der Waals surface area contributed by atoms with Crippen molar-refractivity contribution >= 4 is 5.97 Å². The Morgan fingerprint density at radius 3 is 2.41 bits per heavy atom. The minimum atomic E-state index is -0.819. The molecule has 0 aliphatic carbocycles. The first-order chi connectivity index (χ1) is 10.6. The Morgan fingerprint density at radius 2 is 1.77 bits per heavy atom. The van der Waals surface area contributed by atoms with Crippen LogP contribution >= 0.6 is 0 Å². The molecule has 0 spiro atoms. The molecule has 0 bridgehead atoms. The van der Waals surface area contributed by atoms with Crippen LogP contribution in [0.4, 0.5) is 4.39 Å². The first-order valence-electron chi connectivity index (χ1n) is 7.28. The number of hydrogen-bond acceptors (Lipinski definition) is 2. The Kier molecular flexibility index (Phi) is 6.10. The van der Waals surface area contributed by atoms with E-state index >= 15 is 0 Å². The molecule has 0 amide bonds. The Hall–Kier alpha value is -2.20. The number of halogens is 1. The van der Waals surface area contributed by atoms with Gasteiger partial charge < -0.3 is 9.84 Å². The average molecular weight is 302 g/mol.